The van der Waals surface area contributed by atoms with Crippen molar-refractivity contribution in [3.05, 3.63) is 101 Å². The van der Waals surface area contributed by atoms with Crippen LogP contribution in [0.1, 0.15) is 61.0 Å². The molecule has 3 rings (SSSR count). The lowest BCUT2D eigenvalue weighted by molar-refractivity contribution is 0.191. The van der Waals surface area contributed by atoms with Gasteiger partial charge in [0.1, 0.15) is 0 Å². The molecule has 0 aliphatic rings. The highest BCUT2D eigenvalue weighted by Crippen LogP contribution is 2.35. The first kappa shape index (κ1) is 19.2. The van der Waals surface area contributed by atoms with Crippen LogP contribution in [-0.2, 0) is 0 Å². The fraction of sp³-hybridized carbons (Fsp3) is 0.280. The Morgan fingerprint density at radius 2 is 1.26 bits per heavy atom. The van der Waals surface area contributed by atoms with Gasteiger partial charge in [-0.15, -0.1) is 0 Å². The van der Waals surface area contributed by atoms with E-state index in [0.717, 1.165) is 11.3 Å². The monoisotopic (exact) mass is 359 g/mol. The van der Waals surface area contributed by atoms with Gasteiger partial charge in [0, 0.05) is 18.2 Å². The fourth-order valence-electron chi connectivity index (χ4n) is 3.55. The summed E-state index contributed by atoms with van der Waals surface area (Å²) in [5.41, 5.74) is 5.94. The molecule has 3 aromatic rings. The number of hydrogen-bond donors (Lipinski definition) is 2. The molecule has 0 fully saturated rings. The van der Waals surface area contributed by atoms with Gasteiger partial charge in [0.15, 0.2) is 0 Å². The Hall–Kier alpha value is -2.58. The maximum absolute atomic E-state index is 10.6. The molecule has 0 spiro atoms. The number of benzene rings is 3. The minimum absolute atomic E-state index is 0.279. The minimum Gasteiger partial charge on any atom is -0.387 e. The Kier molecular flexibility index (Phi) is 6.31. The predicted octanol–water partition coefficient (Wildman–Crippen LogP) is 6.11. The van der Waals surface area contributed by atoms with E-state index in [4.69, 9.17) is 0 Å². The maximum atomic E-state index is 10.6. The van der Waals surface area contributed by atoms with Crippen LogP contribution in [0, 0.1) is 0 Å². The Bertz CT molecular complexity index is 843. The van der Waals surface area contributed by atoms with Gasteiger partial charge in [-0.3, -0.25) is 0 Å². The van der Waals surface area contributed by atoms with Gasteiger partial charge in [0.25, 0.3) is 0 Å². The van der Waals surface area contributed by atoms with Gasteiger partial charge in [-0.25, -0.2) is 0 Å². The molecule has 2 nitrogen and oxygen atoms in total. The van der Waals surface area contributed by atoms with E-state index in [2.05, 4.69) is 74.6 Å². The molecule has 2 N–H and O–H groups in total. The number of para-hydroxylation sites is 1. The first-order valence-corrected chi connectivity index (χ1v) is 9.72. The van der Waals surface area contributed by atoms with Crippen molar-refractivity contribution >= 4 is 5.69 Å². The molecule has 0 aliphatic heterocycles. The number of rotatable bonds is 7. The van der Waals surface area contributed by atoms with Crippen LogP contribution in [0.25, 0.3) is 0 Å². The number of aliphatic hydroxyl groups excluding tert-OH is 1. The van der Waals surface area contributed by atoms with Crippen molar-refractivity contribution in [2.24, 2.45) is 0 Å². The lowest BCUT2D eigenvalue weighted by atomic mass is 9.88. The third-order valence-corrected chi connectivity index (χ3v) is 5.17. The lowest BCUT2D eigenvalue weighted by Gasteiger charge is -2.24. The van der Waals surface area contributed by atoms with Crippen molar-refractivity contribution in [3.8, 4) is 0 Å². The standard InChI is InChI=1S/C25H29NO/c1-18(2)22-15-10-16-23(19(3)20-11-6-4-7-12-20)25(22)26-17-24(27)21-13-8-5-9-14-21/h4-16,18-19,24,26-27H,17H2,1-3H3. The smallest absolute Gasteiger partial charge is 0.0962 e. The van der Waals surface area contributed by atoms with E-state index in [-0.39, 0.29) is 5.92 Å². The topological polar surface area (TPSA) is 32.3 Å². The molecule has 0 saturated heterocycles. The molecule has 0 saturated carbocycles. The molecule has 3 aromatic carbocycles. The molecule has 0 aliphatic carbocycles. The highest BCUT2D eigenvalue weighted by molar-refractivity contribution is 5.62. The zero-order valence-electron chi connectivity index (χ0n) is 16.4. The van der Waals surface area contributed by atoms with Crippen molar-refractivity contribution in [3.63, 3.8) is 0 Å². The van der Waals surface area contributed by atoms with Crippen molar-refractivity contribution < 1.29 is 5.11 Å². The second kappa shape index (κ2) is 8.88. The van der Waals surface area contributed by atoms with E-state index in [9.17, 15) is 5.11 Å². The van der Waals surface area contributed by atoms with Gasteiger partial charge in [-0.1, -0.05) is 99.6 Å². The zero-order chi connectivity index (χ0) is 19.2. The van der Waals surface area contributed by atoms with Crippen molar-refractivity contribution in [2.75, 3.05) is 11.9 Å². The van der Waals surface area contributed by atoms with Crippen LogP contribution in [0.15, 0.2) is 78.9 Å². The molecule has 140 valence electrons. The van der Waals surface area contributed by atoms with Crippen LogP contribution >= 0.6 is 0 Å². The van der Waals surface area contributed by atoms with Gasteiger partial charge >= 0.3 is 0 Å². The highest BCUT2D eigenvalue weighted by Gasteiger charge is 2.18. The molecular formula is C25H29NO. The molecule has 0 bridgehead atoms. The molecule has 27 heavy (non-hydrogen) atoms. The predicted molar refractivity (Wildman–Crippen MR) is 114 cm³/mol. The summed E-state index contributed by atoms with van der Waals surface area (Å²) in [6.07, 6.45) is -0.536. The zero-order valence-corrected chi connectivity index (χ0v) is 16.4. The fourth-order valence-corrected chi connectivity index (χ4v) is 3.55. The normalized spacial score (nSPS) is 13.4. The summed E-state index contributed by atoms with van der Waals surface area (Å²) in [6.45, 7) is 7.16. The average Bonchev–Trinajstić information content (AvgIpc) is 2.72. The summed E-state index contributed by atoms with van der Waals surface area (Å²) in [4.78, 5) is 0. The van der Waals surface area contributed by atoms with Crippen LogP contribution in [-0.4, -0.2) is 11.7 Å². The van der Waals surface area contributed by atoms with Crippen LogP contribution in [0.4, 0.5) is 5.69 Å². The van der Waals surface area contributed by atoms with Crippen molar-refractivity contribution in [1.82, 2.24) is 0 Å². The largest absolute Gasteiger partial charge is 0.387 e. The van der Waals surface area contributed by atoms with Gasteiger partial charge in [0.2, 0.25) is 0 Å². The number of nitrogens with one attached hydrogen (secondary N) is 1. The number of hydrogen-bond acceptors (Lipinski definition) is 2. The molecule has 0 radical (unpaired) electrons. The van der Waals surface area contributed by atoms with Gasteiger partial charge in [-0.2, -0.15) is 0 Å². The summed E-state index contributed by atoms with van der Waals surface area (Å²) in [5.74, 6) is 0.686. The Morgan fingerprint density at radius 1 is 0.704 bits per heavy atom. The molecule has 0 heterocycles. The van der Waals surface area contributed by atoms with Gasteiger partial charge in [-0.05, 0) is 28.2 Å². The van der Waals surface area contributed by atoms with Crippen LogP contribution in [0.2, 0.25) is 0 Å². The van der Waals surface area contributed by atoms with E-state index in [0.29, 0.717) is 12.5 Å². The quantitative estimate of drug-likeness (QED) is 0.533. The first-order valence-electron chi connectivity index (χ1n) is 9.72. The van der Waals surface area contributed by atoms with E-state index in [1.807, 2.05) is 30.3 Å². The second-order valence-corrected chi connectivity index (χ2v) is 7.41. The number of aliphatic hydroxyl groups is 1. The molecule has 0 aromatic heterocycles. The summed E-state index contributed by atoms with van der Waals surface area (Å²) < 4.78 is 0. The van der Waals surface area contributed by atoms with Crippen LogP contribution < -0.4 is 5.32 Å². The third-order valence-electron chi connectivity index (χ3n) is 5.17. The molecule has 0 amide bonds. The molecular weight excluding hydrogens is 330 g/mol. The highest BCUT2D eigenvalue weighted by atomic mass is 16.3. The Labute approximate surface area is 162 Å². The third kappa shape index (κ3) is 4.58. The number of anilines is 1. The maximum Gasteiger partial charge on any atom is 0.0962 e. The molecule has 2 heteroatoms. The lowest BCUT2D eigenvalue weighted by Crippen LogP contribution is -2.15. The molecule has 2 unspecified atom stereocenters. The minimum atomic E-state index is -0.536. The van der Waals surface area contributed by atoms with Crippen LogP contribution in [0.5, 0.6) is 0 Å². The van der Waals surface area contributed by atoms with Gasteiger partial charge < -0.3 is 10.4 Å². The summed E-state index contributed by atoms with van der Waals surface area (Å²) in [7, 11) is 0. The van der Waals surface area contributed by atoms with E-state index < -0.39 is 6.10 Å². The van der Waals surface area contributed by atoms with Crippen molar-refractivity contribution in [1.29, 1.82) is 0 Å². The summed E-state index contributed by atoms with van der Waals surface area (Å²) >= 11 is 0. The average molecular weight is 360 g/mol. The SMILES string of the molecule is CC(C)c1cccc(C(C)c2ccccc2)c1NCC(O)c1ccccc1. The second-order valence-electron chi connectivity index (χ2n) is 7.41. The van der Waals surface area contributed by atoms with Crippen molar-refractivity contribution in [2.45, 2.75) is 38.7 Å². The van der Waals surface area contributed by atoms with Gasteiger partial charge in [0.05, 0.1) is 6.10 Å². The summed E-state index contributed by atoms with van der Waals surface area (Å²) in [6, 6.07) is 26.9. The first-order chi connectivity index (χ1) is 13.1. The molecule has 2 atom stereocenters. The van der Waals surface area contributed by atoms with E-state index >= 15 is 0 Å². The van der Waals surface area contributed by atoms with E-state index in [1.54, 1.807) is 0 Å². The van der Waals surface area contributed by atoms with E-state index in [1.165, 1.54) is 16.7 Å². The summed E-state index contributed by atoms with van der Waals surface area (Å²) in [5, 5.41) is 14.2. The Morgan fingerprint density at radius 3 is 1.85 bits per heavy atom. The van der Waals surface area contributed by atoms with Crippen LogP contribution in [0.3, 0.4) is 0 Å². The Balaban J connectivity index is 1.90.